The van der Waals surface area contributed by atoms with Crippen LogP contribution < -0.4 is 10.2 Å². The molecule has 1 unspecified atom stereocenters. The number of nitrogens with zero attached hydrogens (tertiary/aromatic N) is 2. The number of rotatable bonds is 4. The van der Waals surface area contributed by atoms with Crippen LogP contribution in [0.2, 0.25) is 10.0 Å². The molecule has 0 spiro atoms. The summed E-state index contributed by atoms with van der Waals surface area (Å²) in [5.41, 5.74) is 0. The second kappa shape index (κ2) is 6.67. The highest BCUT2D eigenvalue weighted by Gasteiger charge is 2.23. The smallest absolute Gasteiger partial charge is 0.150 e. The van der Waals surface area contributed by atoms with Gasteiger partial charge < -0.3 is 10.2 Å². The van der Waals surface area contributed by atoms with Crippen LogP contribution in [-0.4, -0.2) is 24.1 Å². The minimum Gasteiger partial charge on any atom is -0.369 e. The molecule has 1 N–H and O–H groups in total. The monoisotopic (exact) mass is 301 g/mol. The molecule has 0 radical (unpaired) electrons. The maximum atomic E-state index is 6.32. The number of pyridine rings is 1. The van der Waals surface area contributed by atoms with E-state index >= 15 is 0 Å². The topological polar surface area (TPSA) is 28.2 Å². The molecule has 5 heteroatoms. The molecule has 1 saturated heterocycles. The SMILES string of the molecule is CCCNc1nc(N2CCCCC2C)c(Cl)cc1Cl. The number of hydrogen-bond acceptors (Lipinski definition) is 3. The fraction of sp³-hybridized carbons (Fsp3) is 0.643. The molecule has 2 rings (SSSR count). The van der Waals surface area contributed by atoms with Gasteiger partial charge in [0.05, 0.1) is 10.0 Å². The average molecular weight is 302 g/mol. The largest absolute Gasteiger partial charge is 0.369 e. The molecule has 106 valence electrons. The number of aromatic nitrogens is 1. The Bertz CT molecular complexity index is 437. The quantitative estimate of drug-likeness (QED) is 0.881. The van der Waals surface area contributed by atoms with E-state index in [-0.39, 0.29) is 0 Å². The standard InChI is InChI=1S/C14H21Cl2N3/c1-3-7-17-13-11(15)9-12(16)14(18-13)19-8-5-4-6-10(19)2/h9-10H,3-8H2,1-2H3,(H,17,18). The first-order valence-electron chi connectivity index (χ1n) is 7.00. The molecule has 1 aromatic heterocycles. The number of anilines is 2. The predicted octanol–water partition coefficient (Wildman–Crippen LogP) is 4.59. The summed E-state index contributed by atoms with van der Waals surface area (Å²) in [5, 5.41) is 4.49. The van der Waals surface area contributed by atoms with Gasteiger partial charge in [0.1, 0.15) is 11.6 Å². The van der Waals surface area contributed by atoms with Gasteiger partial charge in [-0.2, -0.15) is 0 Å². The van der Waals surface area contributed by atoms with Crippen LogP contribution in [0, 0.1) is 0 Å². The van der Waals surface area contributed by atoms with E-state index < -0.39 is 0 Å². The van der Waals surface area contributed by atoms with E-state index in [9.17, 15) is 0 Å². The molecule has 1 aliphatic heterocycles. The van der Waals surface area contributed by atoms with Crippen LogP contribution in [0.25, 0.3) is 0 Å². The van der Waals surface area contributed by atoms with Crippen LogP contribution in [0.15, 0.2) is 6.07 Å². The number of halogens is 2. The third kappa shape index (κ3) is 3.46. The molecule has 0 aromatic carbocycles. The van der Waals surface area contributed by atoms with Crippen molar-refractivity contribution >= 4 is 34.8 Å². The van der Waals surface area contributed by atoms with Crippen molar-refractivity contribution in [2.75, 3.05) is 23.3 Å². The highest BCUT2D eigenvalue weighted by molar-refractivity contribution is 6.37. The van der Waals surface area contributed by atoms with Crippen LogP contribution in [0.3, 0.4) is 0 Å². The fourth-order valence-corrected chi connectivity index (χ4v) is 2.97. The summed E-state index contributed by atoms with van der Waals surface area (Å²) >= 11 is 12.5. The molecule has 1 atom stereocenters. The van der Waals surface area contributed by atoms with Crippen molar-refractivity contribution in [3.8, 4) is 0 Å². The lowest BCUT2D eigenvalue weighted by molar-refractivity contribution is 0.481. The second-order valence-corrected chi connectivity index (χ2v) is 5.90. The highest BCUT2D eigenvalue weighted by atomic mass is 35.5. The zero-order valence-corrected chi connectivity index (χ0v) is 13.1. The van der Waals surface area contributed by atoms with Crippen LogP contribution in [0.4, 0.5) is 11.6 Å². The lowest BCUT2D eigenvalue weighted by Gasteiger charge is -2.35. The van der Waals surface area contributed by atoms with E-state index in [4.69, 9.17) is 23.2 Å². The Labute approximate surface area is 125 Å². The Morgan fingerprint density at radius 2 is 2.16 bits per heavy atom. The van der Waals surface area contributed by atoms with Gasteiger partial charge in [0.15, 0.2) is 0 Å². The normalized spacial score (nSPS) is 19.6. The minimum absolute atomic E-state index is 0.485. The van der Waals surface area contributed by atoms with Gasteiger partial charge in [-0.05, 0) is 38.7 Å². The van der Waals surface area contributed by atoms with Gasteiger partial charge in [-0.15, -0.1) is 0 Å². The third-order valence-corrected chi connectivity index (χ3v) is 4.09. The van der Waals surface area contributed by atoms with E-state index in [1.165, 1.54) is 19.3 Å². The van der Waals surface area contributed by atoms with Gasteiger partial charge in [0, 0.05) is 19.1 Å². The Balaban J connectivity index is 2.28. The average Bonchev–Trinajstić information content (AvgIpc) is 2.39. The second-order valence-electron chi connectivity index (χ2n) is 5.09. The maximum absolute atomic E-state index is 6.32. The Hall–Kier alpha value is -0.670. The molecule has 1 aromatic rings. The molecular formula is C14H21Cl2N3. The van der Waals surface area contributed by atoms with Gasteiger partial charge >= 0.3 is 0 Å². The fourth-order valence-electron chi connectivity index (χ4n) is 2.44. The van der Waals surface area contributed by atoms with Crippen LogP contribution >= 0.6 is 23.2 Å². The molecule has 0 amide bonds. The van der Waals surface area contributed by atoms with Crippen molar-refractivity contribution in [3.05, 3.63) is 16.1 Å². The molecular weight excluding hydrogens is 281 g/mol. The number of hydrogen-bond donors (Lipinski definition) is 1. The Morgan fingerprint density at radius 1 is 1.37 bits per heavy atom. The molecule has 0 aliphatic carbocycles. The van der Waals surface area contributed by atoms with Gasteiger partial charge in [-0.3, -0.25) is 0 Å². The highest BCUT2D eigenvalue weighted by Crippen LogP contribution is 2.34. The molecule has 3 nitrogen and oxygen atoms in total. The van der Waals surface area contributed by atoms with E-state index in [0.717, 1.165) is 31.1 Å². The third-order valence-electron chi connectivity index (χ3n) is 3.53. The van der Waals surface area contributed by atoms with Crippen LogP contribution in [0.1, 0.15) is 39.5 Å². The number of piperidine rings is 1. The van der Waals surface area contributed by atoms with Crippen molar-refractivity contribution in [2.24, 2.45) is 0 Å². The van der Waals surface area contributed by atoms with Crippen molar-refractivity contribution in [2.45, 2.75) is 45.6 Å². The van der Waals surface area contributed by atoms with Gasteiger partial charge in [-0.25, -0.2) is 4.98 Å². The molecule has 19 heavy (non-hydrogen) atoms. The molecule has 1 aliphatic rings. The zero-order chi connectivity index (χ0) is 13.8. The van der Waals surface area contributed by atoms with Crippen molar-refractivity contribution in [1.29, 1.82) is 0 Å². The molecule has 2 heterocycles. The van der Waals surface area contributed by atoms with Gasteiger partial charge in [0.25, 0.3) is 0 Å². The molecule has 0 saturated carbocycles. The summed E-state index contributed by atoms with van der Waals surface area (Å²) < 4.78 is 0. The summed E-state index contributed by atoms with van der Waals surface area (Å²) in [7, 11) is 0. The van der Waals surface area contributed by atoms with E-state index in [1.807, 2.05) is 0 Å². The summed E-state index contributed by atoms with van der Waals surface area (Å²) in [6, 6.07) is 2.28. The van der Waals surface area contributed by atoms with Gasteiger partial charge in [0.2, 0.25) is 0 Å². The summed E-state index contributed by atoms with van der Waals surface area (Å²) in [6.45, 7) is 6.22. The van der Waals surface area contributed by atoms with Crippen molar-refractivity contribution < 1.29 is 0 Å². The number of nitrogens with one attached hydrogen (secondary N) is 1. The first-order valence-corrected chi connectivity index (χ1v) is 7.75. The van der Waals surface area contributed by atoms with Gasteiger partial charge in [-0.1, -0.05) is 30.1 Å². The molecule has 0 bridgehead atoms. The summed E-state index contributed by atoms with van der Waals surface area (Å²) in [4.78, 5) is 6.93. The van der Waals surface area contributed by atoms with E-state index in [0.29, 0.717) is 16.1 Å². The Morgan fingerprint density at radius 3 is 2.84 bits per heavy atom. The van der Waals surface area contributed by atoms with Crippen LogP contribution in [-0.2, 0) is 0 Å². The minimum atomic E-state index is 0.485. The summed E-state index contributed by atoms with van der Waals surface area (Å²) in [6.07, 6.45) is 4.71. The maximum Gasteiger partial charge on any atom is 0.150 e. The Kier molecular flexibility index (Phi) is 5.17. The van der Waals surface area contributed by atoms with E-state index in [2.05, 4.69) is 29.0 Å². The van der Waals surface area contributed by atoms with Crippen LogP contribution in [0.5, 0.6) is 0 Å². The lowest BCUT2D eigenvalue weighted by Crippen LogP contribution is -2.38. The first-order chi connectivity index (χ1) is 9.13. The van der Waals surface area contributed by atoms with E-state index in [1.54, 1.807) is 6.07 Å². The lowest BCUT2D eigenvalue weighted by atomic mass is 10.0. The molecule has 1 fully saturated rings. The van der Waals surface area contributed by atoms with Crippen molar-refractivity contribution in [1.82, 2.24) is 4.98 Å². The van der Waals surface area contributed by atoms with Crippen molar-refractivity contribution in [3.63, 3.8) is 0 Å². The predicted molar refractivity (Wildman–Crippen MR) is 83.7 cm³/mol. The summed E-state index contributed by atoms with van der Waals surface area (Å²) in [5.74, 6) is 1.59. The zero-order valence-electron chi connectivity index (χ0n) is 11.5. The first kappa shape index (κ1) is 14.7.